The summed E-state index contributed by atoms with van der Waals surface area (Å²) in [6.07, 6.45) is -1.16. The maximum Gasteiger partial charge on any atom is 0.389 e. The van der Waals surface area contributed by atoms with E-state index >= 15 is 0 Å². The average molecular weight is 328 g/mol. The second-order valence-electron chi connectivity index (χ2n) is 6.06. The molecular formula is C15H27F3O2S. The number of unbranched alkanes of at least 4 members (excludes halogenated alkanes) is 2. The Morgan fingerprint density at radius 3 is 2.29 bits per heavy atom. The van der Waals surface area contributed by atoms with Crippen LogP contribution in [0.3, 0.4) is 0 Å². The molecule has 0 aliphatic rings. The summed E-state index contributed by atoms with van der Waals surface area (Å²) in [5, 5.41) is 9.17. The third-order valence-corrected chi connectivity index (χ3v) is 4.76. The predicted octanol–water partition coefficient (Wildman–Crippen LogP) is 5.51. The topological polar surface area (TPSA) is 37.3 Å². The number of rotatable bonds is 11. The van der Waals surface area contributed by atoms with Crippen molar-refractivity contribution in [3.05, 3.63) is 0 Å². The SMILES string of the molecule is CCCC(CC(C)(C)SCCCCCC(F)(F)F)C(=O)O. The lowest BCUT2D eigenvalue weighted by atomic mass is 9.93. The largest absolute Gasteiger partial charge is 0.481 e. The molecule has 0 aliphatic carbocycles. The summed E-state index contributed by atoms with van der Waals surface area (Å²) >= 11 is 1.66. The van der Waals surface area contributed by atoms with E-state index in [0.29, 0.717) is 19.3 Å². The Morgan fingerprint density at radius 2 is 1.81 bits per heavy atom. The van der Waals surface area contributed by atoms with Crippen molar-refractivity contribution in [1.82, 2.24) is 0 Å². The molecule has 6 heteroatoms. The van der Waals surface area contributed by atoms with E-state index in [0.717, 1.165) is 18.6 Å². The summed E-state index contributed by atoms with van der Waals surface area (Å²) in [5.74, 6) is -0.304. The minimum absolute atomic E-state index is 0.151. The summed E-state index contributed by atoms with van der Waals surface area (Å²) < 4.78 is 35.8. The monoisotopic (exact) mass is 328 g/mol. The van der Waals surface area contributed by atoms with Gasteiger partial charge in [-0.3, -0.25) is 4.79 Å². The van der Waals surface area contributed by atoms with Crippen LogP contribution in [0.2, 0.25) is 0 Å². The van der Waals surface area contributed by atoms with E-state index in [1.165, 1.54) is 0 Å². The number of carbonyl (C=O) groups is 1. The van der Waals surface area contributed by atoms with Gasteiger partial charge in [0.25, 0.3) is 0 Å². The molecule has 0 bridgehead atoms. The molecule has 0 heterocycles. The van der Waals surface area contributed by atoms with Gasteiger partial charge in [-0.25, -0.2) is 0 Å². The number of alkyl halides is 3. The summed E-state index contributed by atoms with van der Waals surface area (Å²) in [5.41, 5.74) is 0. The molecule has 2 nitrogen and oxygen atoms in total. The normalized spacial score (nSPS) is 14.2. The van der Waals surface area contributed by atoms with Gasteiger partial charge in [0, 0.05) is 11.2 Å². The summed E-state index contributed by atoms with van der Waals surface area (Å²) in [7, 11) is 0. The van der Waals surface area contributed by atoms with Crippen LogP contribution in [0.1, 0.15) is 65.7 Å². The van der Waals surface area contributed by atoms with Crippen molar-refractivity contribution < 1.29 is 23.1 Å². The number of aliphatic carboxylic acids is 1. The molecule has 0 saturated heterocycles. The van der Waals surface area contributed by atoms with Gasteiger partial charge < -0.3 is 5.11 Å². The van der Waals surface area contributed by atoms with E-state index in [9.17, 15) is 18.0 Å². The highest BCUT2D eigenvalue weighted by Crippen LogP contribution is 2.34. The first-order valence-electron chi connectivity index (χ1n) is 7.51. The lowest BCUT2D eigenvalue weighted by Crippen LogP contribution is -2.25. The summed E-state index contributed by atoms with van der Waals surface area (Å²) in [6, 6.07) is 0. The first-order chi connectivity index (χ1) is 9.57. The minimum Gasteiger partial charge on any atom is -0.481 e. The Labute approximate surface area is 129 Å². The van der Waals surface area contributed by atoms with Crippen LogP contribution in [0, 0.1) is 5.92 Å². The third-order valence-electron chi connectivity index (χ3n) is 3.32. The first-order valence-corrected chi connectivity index (χ1v) is 8.49. The Hall–Kier alpha value is -0.390. The summed E-state index contributed by atoms with van der Waals surface area (Å²) in [6.45, 7) is 5.99. The van der Waals surface area contributed by atoms with Crippen molar-refractivity contribution >= 4 is 17.7 Å². The molecule has 1 unspecified atom stereocenters. The fourth-order valence-electron chi connectivity index (χ4n) is 2.27. The highest BCUT2D eigenvalue weighted by Gasteiger charge is 2.28. The van der Waals surface area contributed by atoms with Gasteiger partial charge in [-0.1, -0.05) is 33.6 Å². The van der Waals surface area contributed by atoms with Crippen LogP contribution in [0.4, 0.5) is 13.2 Å². The molecule has 1 atom stereocenters. The van der Waals surface area contributed by atoms with Crippen molar-refractivity contribution in [1.29, 1.82) is 0 Å². The molecule has 0 rings (SSSR count). The molecule has 0 aromatic heterocycles. The van der Waals surface area contributed by atoms with Gasteiger partial charge in [0.05, 0.1) is 5.92 Å². The molecule has 126 valence electrons. The fourth-order valence-corrected chi connectivity index (χ4v) is 3.49. The van der Waals surface area contributed by atoms with E-state index in [1.807, 2.05) is 20.8 Å². The zero-order valence-corrected chi connectivity index (χ0v) is 13.9. The van der Waals surface area contributed by atoms with Crippen LogP contribution in [0.5, 0.6) is 0 Å². The van der Waals surface area contributed by atoms with Crippen molar-refractivity contribution in [3.63, 3.8) is 0 Å². The third kappa shape index (κ3) is 11.9. The smallest absolute Gasteiger partial charge is 0.389 e. The van der Waals surface area contributed by atoms with E-state index in [-0.39, 0.29) is 17.1 Å². The van der Waals surface area contributed by atoms with Crippen LogP contribution < -0.4 is 0 Å². The number of thioether (sulfide) groups is 1. The zero-order valence-electron chi connectivity index (χ0n) is 13.1. The highest BCUT2D eigenvalue weighted by molar-refractivity contribution is 8.00. The number of carboxylic acid groups (broad SMARTS) is 1. The van der Waals surface area contributed by atoms with Crippen LogP contribution in [-0.2, 0) is 4.79 Å². The molecule has 0 aromatic rings. The average Bonchev–Trinajstić information content (AvgIpc) is 2.31. The van der Waals surface area contributed by atoms with Gasteiger partial charge in [-0.2, -0.15) is 24.9 Å². The van der Waals surface area contributed by atoms with Crippen molar-refractivity contribution in [2.24, 2.45) is 5.92 Å². The lowest BCUT2D eigenvalue weighted by Gasteiger charge is -2.27. The van der Waals surface area contributed by atoms with E-state index in [1.54, 1.807) is 11.8 Å². The summed E-state index contributed by atoms with van der Waals surface area (Å²) in [4.78, 5) is 11.2. The number of halogens is 3. The predicted molar refractivity (Wildman–Crippen MR) is 81.7 cm³/mol. The van der Waals surface area contributed by atoms with Crippen LogP contribution in [0.15, 0.2) is 0 Å². The molecular weight excluding hydrogens is 301 g/mol. The Morgan fingerprint density at radius 1 is 1.19 bits per heavy atom. The molecule has 0 spiro atoms. The molecule has 0 saturated carbocycles. The second-order valence-corrected chi connectivity index (χ2v) is 7.86. The molecule has 0 fully saturated rings. The Bertz CT molecular complexity index is 304. The van der Waals surface area contributed by atoms with E-state index in [4.69, 9.17) is 5.11 Å². The standard InChI is InChI=1S/C15H27F3O2S/c1-4-8-12(13(19)20)11-14(2,3)21-10-7-5-6-9-15(16,17)18/h12H,4-11H2,1-3H3,(H,19,20). The van der Waals surface area contributed by atoms with Gasteiger partial charge in [-0.05, 0) is 31.4 Å². The molecule has 0 amide bonds. The molecule has 0 aliphatic heterocycles. The number of carboxylic acids is 1. The lowest BCUT2D eigenvalue weighted by molar-refractivity contribution is -0.142. The van der Waals surface area contributed by atoms with Gasteiger partial charge in [0.15, 0.2) is 0 Å². The van der Waals surface area contributed by atoms with E-state index < -0.39 is 18.6 Å². The van der Waals surface area contributed by atoms with Gasteiger partial charge in [0.2, 0.25) is 0 Å². The zero-order chi connectivity index (χ0) is 16.5. The van der Waals surface area contributed by atoms with Gasteiger partial charge >= 0.3 is 12.1 Å². The van der Waals surface area contributed by atoms with Gasteiger partial charge in [0.1, 0.15) is 0 Å². The van der Waals surface area contributed by atoms with E-state index in [2.05, 4.69) is 0 Å². The number of hydrogen-bond donors (Lipinski definition) is 1. The Balaban J connectivity index is 3.93. The van der Waals surface area contributed by atoms with Crippen molar-refractivity contribution in [2.45, 2.75) is 76.6 Å². The first kappa shape index (κ1) is 20.6. The highest BCUT2D eigenvalue weighted by atomic mass is 32.2. The fraction of sp³-hybridized carbons (Fsp3) is 0.933. The Kier molecular flexibility index (Phi) is 9.41. The van der Waals surface area contributed by atoms with Crippen LogP contribution in [-0.4, -0.2) is 27.8 Å². The van der Waals surface area contributed by atoms with Crippen molar-refractivity contribution in [3.8, 4) is 0 Å². The maximum absolute atomic E-state index is 12.0. The number of hydrogen-bond acceptors (Lipinski definition) is 2. The second kappa shape index (κ2) is 9.59. The van der Waals surface area contributed by atoms with Crippen LogP contribution >= 0.6 is 11.8 Å². The minimum atomic E-state index is -4.05. The molecule has 0 aromatic carbocycles. The molecule has 1 N–H and O–H groups in total. The van der Waals surface area contributed by atoms with Crippen molar-refractivity contribution in [2.75, 3.05) is 5.75 Å². The molecule has 21 heavy (non-hydrogen) atoms. The van der Waals surface area contributed by atoms with Crippen LogP contribution in [0.25, 0.3) is 0 Å². The maximum atomic E-state index is 12.0. The van der Waals surface area contributed by atoms with Gasteiger partial charge in [-0.15, -0.1) is 0 Å². The quantitative estimate of drug-likeness (QED) is 0.508. The molecule has 0 radical (unpaired) electrons.